The Morgan fingerprint density at radius 3 is 2.44 bits per heavy atom. The van der Waals surface area contributed by atoms with Crippen molar-refractivity contribution in [3.8, 4) is 17.2 Å². The van der Waals surface area contributed by atoms with Crippen molar-refractivity contribution >= 4 is 16.2 Å². The van der Waals surface area contributed by atoms with Gasteiger partial charge in [-0.2, -0.15) is 17.0 Å². The molecule has 1 unspecified atom stereocenters. The van der Waals surface area contributed by atoms with Crippen LogP contribution in [0.3, 0.4) is 0 Å². The van der Waals surface area contributed by atoms with Gasteiger partial charge < -0.3 is 14.3 Å². The topological polar surface area (TPSA) is 113 Å². The molecule has 0 saturated carbocycles. The smallest absolute Gasteiger partial charge is 0.318 e. The molecule has 0 spiro atoms. The molecule has 0 aliphatic rings. The lowest BCUT2D eigenvalue weighted by Gasteiger charge is -2.32. The normalized spacial score (nSPS) is 12.8. The Kier molecular flexibility index (Phi) is 8.89. The van der Waals surface area contributed by atoms with Gasteiger partial charge in [-0.15, -0.1) is 0 Å². The zero-order valence-corrected chi connectivity index (χ0v) is 22.1. The van der Waals surface area contributed by atoms with E-state index in [0.29, 0.717) is 22.9 Å². The van der Waals surface area contributed by atoms with E-state index in [1.807, 2.05) is 32.0 Å². The highest BCUT2D eigenvalue weighted by Gasteiger charge is 2.35. The number of hydrogen-bond acceptors (Lipinski definition) is 6. The van der Waals surface area contributed by atoms with Gasteiger partial charge >= 0.3 is 5.97 Å². The van der Waals surface area contributed by atoms with Crippen molar-refractivity contribution < 1.29 is 27.5 Å². The minimum absolute atomic E-state index is 0.0970. The zero-order chi connectivity index (χ0) is 26.5. The SMILES string of the molecule is CCN(CC)S(=O)(=O)N(CC(=O)O)C(C)c1ccccc1OCc1coc(-c2ccc(C)c(C)c2)n1. The van der Waals surface area contributed by atoms with Crippen LogP contribution < -0.4 is 4.74 Å². The van der Waals surface area contributed by atoms with Gasteiger partial charge in [-0.3, -0.25) is 4.79 Å². The number of carbonyl (C=O) groups is 1. The first-order valence-corrected chi connectivity index (χ1v) is 13.2. The number of oxazole rings is 1. The van der Waals surface area contributed by atoms with Crippen molar-refractivity contribution in [3.05, 3.63) is 71.1 Å². The van der Waals surface area contributed by atoms with Crippen LogP contribution in [-0.2, 0) is 21.6 Å². The fourth-order valence-corrected chi connectivity index (χ4v) is 5.63. The third-order valence-corrected chi connectivity index (χ3v) is 8.31. The summed E-state index contributed by atoms with van der Waals surface area (Å²) < 4.78 is 40.4. The molecular weight excluding hydrogens is 482 g/mol. The maximum Gasteiger partial charge on any atom is 0.318 e. The Bertz CT molecular complexity index is 1300. The van der Waals surface area contributed by atoms with Gasteiger partial charge in [0, 0.05) is 24.2 Å². The monoisotopic (exact) mass is 515 g/mol. The largest absolute Gasteiger partial charge is 0.487 e. The molecule has 0 radical (unpaired) electrons. The number of nitrogens with zero attached hydrogens (tertiary/aromatic N) is 3. The minimum atomic E-state index is -4.02. The van der Waals surface area contributed by atoms with E-state index in [4.69, 9.17) is 9.15 Å². The molecule has 3 aromatic rings. The third kappa shape index (κ3) is 6.13. The van der Waals surface area contributed by atoms with Crippen LogP contribution in [0.5, 0.6) is 5.75 Å². The first-order valence-electron chi connectivity index (χ1n) is 11.8. The lowest BCUT2D eigenvalue weighted by Crippen LogP contribution is -2.46. The van der Waals surface area contributed by atoms with Crippen molar-refractivity contribution in [2.75, 3.05) is 19.6 Å². The molecule has 2 aromatic carbocycles. The maximum atomic E-state index is 13.2. The van der Waals surface area contributed by atoms with Crippen LogP contribution in [0.1, 0.15) is 49.2 Å². The summed E-state index contributed by atoms with van der Waals surface area (Å²) in [4.78, 5) is 16.1. The summed E-state index contributed by atoms with van der Waals surface area (Å²) in [5.74, 6) is -0.320. The lowest BCUT2D eigenvalue weighted by molar-refractivity contribution is -0.137. The Balaban J connectivity index is 1.84. The summed E-state index contributed by atoms with van der Waals surface area (Å²) in [7, 11) is -4.02. The summed E-state index contributed by atoms with van der Waals surface area (Å²) in [6.07, 6.45) is 1.53. The zero-order valence-electron chi connectivity index (χ0n) is 21.3. The van der Waals surface area contributed by atoms with E-state index in [1.54, 1.807) is 45.0 Å². The molecule has 0 fully saturated rings. The predicted octanol–water partition coefficient (Wildman–Crippen LogP) is 4.57. The third-order valence-electron chi connectivity index (χ3n) is 6.10. The van der Waals surface area contributed by atoms with Crippen LogP contribution in [0.15, 0.2) is 53.1 Å². The molecule has 1 aromatic heterocycles. The molecule has 0 bridgehead atoms. The molecule has 10 heteroatoms. The van der Waals surface area contributed by atoms with Crippen molar-refractivity contribution in [1.29, 1.82) is 0 Å². The van der Waals surface area contributed by atoms with Crippen LogP contribution >= 0.6 is 0 Å². The number of hydrogen-bond donors (Lipinski definition) is 1. The molecule has 0 aliphatic heterocycles. The van der Waals surface area contributed by atoms with E-state index >= 15 is 0 Å². The molecule has 9 nitrogen and oxygen atoms in total. The second-order valence-electron chi connectivity index (χ2n) is 8.48. The minimum Gasteiger partial charge on any atom is -0.487 e. The molecule has 0 saturated heterocycles. The Morgan fingerprint density at radius 2 is 1.81 bits per heavy atom. The van der Waals surface area contributed by atoms with E-state index in [0.717, 1.165) is 15.4 Å². The van der Waals surface area contributed by atoms with E-state index in [2.05, 4.69) is 4.98 Å². The van der Waals surface area contributed by atoms with Crippen molar-refractivity contribution in [2.24, 2.45) is 0 Å². The van der Waals surface area contributed by atoms with Crippen LogP contribution in [0.25, 0.3) is 11.5 Å². The molecular formula is C26H33N3O6S. The fourth-order valence-electron chi connectivity index (χ4n) is 3.89. The summed E-state index contributed by atoms with van der Waals surface area (Å²) in [6, 6.07) is 12.2. The number of benzene rings is 2. The molecule has 0 amide bonds. The number of rotatable bonds is 12. The Labute approximate surface area is 212 Å². The number of aliphatic carboxylic acids is 1. The van der Waals surface area contributed by atoms with Gasteiger partial charge in [-0.1, -0.05) is 38.1 Å². The molecule has 1 N–H and O–H groups in total. The highest BCUT2D eigenvalue weighted by Crippen LogP contribution is 2.32. The number of para-hydroxylation sites is 1. The van der Waals surface area contributed by atoms with Gasteiger partial charge in [-0.05, 0) is 50.1 Å². The molecule has 1 heterocycles. The van der Waals surface area contributed by atoms with Crippen LogP contribution in [-0.4, -0.2) is 52.7 Å². The van der Waals surface area contributed by atoms with Gasteiger partial charge in [-0.25, -0.2) is 4.98 Å². The van der Waals surface area contributed by atoms with Crippen LogP contribution in [0.2, 0.25) is 0 Å². The molecule has 194 valence electrons. The summed E-state index contributed by atoms with van der Waals surface area (Å²) in [5.41, 5.74) is 4.30. The maximum absolute atomic E-state index is 13.2. The van der Waals surface area contributed by atoms with E-state index < -0.39 is 28.8 Å². The highest BCUT2D eigenvalue weighted by molar-refractivity contribution is 7.86. The standard InChI is InChI=1S/C26H33N3O6S/c1-6-28(7-2)36(32,33)29(15-25(30)31)20(5)23-10-8-9-11-24(23)34-16-22-17-35-26(27-22)21-13-12-18(3)19(4)14-21/h8-14,17,20H,6-7,15-16H2,1-5H3,(H,30,31). The number of aromatic nitrogens is 1. The Morgan fingerprint density at radius 1 is 1.11 bits per heavy atom. The predicted molar refractivity (Wildman–Crippen MR) is 137 cm³/mol. The van der Waals surface area contributed by atoms with Gasteiger partial charge in [0.25, 0.3) is 10.2 Å². The van der Waals surface area contributed by atoms with Gasteiger partial charge in [0.2, 0.25) is 5.89 Å². The van der Waals surface area contributed by atoms with Gasteiger partial charge in [0.05, 0.1) is 6.04 Å². The average Bonchev–Trinajstić information content (AvgIpc) is 3.32. The van der Waals surface area contributed by atoms with Crippen molar-refractivity contribution in [1.82, 2.24) is 13.6 Å². The number of carboxylic acids is 1. The summed E-state index contributed by atoms with van der Waals surface area (Å²) >= 11 is 0. The quantitative estimate of drug-likeness (QED) is 0.376. The molecule has 1 atom stereocenters. The molecule has 3 rings (SSSR count). The number of carboxylic acid groups (broad SMARTS) is 1. The Hall–Kier alpha value is -3.21. The molecule has 36 heavy (non-hydrogen) atoms. The average molecular weight is 516 g/mol. The summed E-state index contributed by atoms with van der Waals surface area (Å²) in [6.45, 7) is 9.04. The van der Waals surface area contributed by atoms with Gasteiger partial charge in [0.1, 0.15) is 30.9 Å². The fraction of sp³-hybridized carbons (Fsp3) is 0.385. The van der Waals surface area contributed by atoms with E-state index in [1.165, 1.54) is 16.1 Å². The first kappa shape index (κ1) is 27.4. The molecule has 0 aliphatic carbocycles. The number of aryl methyl sites for hydroxylation is 2. The number of ether oxygens (including phenoxy) is 1. The van der Waals surface area contributed by atoms with Crippen LogP contribution in [0.4, 0.5) is 0 Å². The lowest BCUT2D eigenvalue weighted by atomic mass is 10.1. The summed E-state index contributed by atoms with van der Waals surface area (Å²) in [5, 5.41) is 9.45. The van der Waals surface area contributed by atoms with E-state index in [-0.39, 0.29) is 19.7 Å². The van der Waals surface area contributed by atoms with E-state index in [9.17, 15) is 18.3 Å². The first-order chi connectivity index (χ1) is 17.1. The van der Waals surface area contributed by atoms with Crippen LogP contribution in [0, 0.1) is 13.8 Å². The second-order valence-corrected chi connectivity index (χ2v) is 10.4. The second kappa shape index (κ2) is 11.7. The highest BCUT2D eigenvalue weighted by atomic mass is 32.2. The van der Waals surface area contributed by atoms with Crippen molar-refractivity contribution in [2.45, 2.75) is 47.3 Å². The van der Waals surface area contributed by atoms with Gasteiger partial charge in [0.15, 0.2) is 0 Å². The van der Waals surface area contributed by atoms with Crippen molar-refractivity contribution in [3.63, 3.8) is 0 Å².